The second-order valence-electron chi connectivity index (χ2n) is 7.63. The van der Waals surface area contributed by atoms with Crippen molar-refractivity contribution < 1.29 is 19.4 Å². The number of carbonyl (C=O) groups excluding carboxylic acids is 1. The van der Waals surface area contributed by atoms with Gasteiger partial charge in [-0.3, -0.25) is 4.90 Å². The molecule has 0 bridgehead atoms. The summed E-state index contributed by atoms with van der Waals surface area (Å²) < 4.78 is 11.2. The van der Waals surface area contributed by atoms with Gasteiger partial charge in [0.25, 0.3) is 0 Å². The van der Waals surface area contributed by atoms with Crippen molar-refractivity contribution in [2.75, 3.05) is 13.2 Å². The van der Waals surface area contributed by atoms with E-state index in [9.17, 15) is 9.90 Å². The highest BCUT2D eigenvalue weighted by molar-refractivity contribution is 5.69. The summed E-state index contributed by atoms with van der Waals surface area (Å²) in [6.45, 7) is 10.5. The van der Waals surface area contributed by atoms with E-state index in [4.69, 9.17) is 9.47 Å². The van der Waals surface area contributed by atoms with Gasteiger partial charge in [0, 0.05) is 6.54 Å². The second-order valence-corrected chi connectivity index (χ2v) is 7.63. The first-order valence-corrected chi connectivity index (χ1v) is 8.58. The van der Waals surface area contributed by atoms with E-state index >= 15 is 0 Å². The summed E-state index contributed by atoms with van der Waals surface area (Å²) in [5.41, 5.74) is 0.696. The van der Waals surface area contributed by atoms with E-state index in [1.54, 1.807) is 4.90 Å². The molecule has 0 spiro atoms. The topological polar surface area (TPSA) is 59.0 Å². The van der Waals surface area contributed by atoms with Crippen LogP contribution in [0.4, 0.5) is 4.79 Å². The second kappa shape index (κ2) is 7.43. The minimum atomic E-state index is -0.590. The smallest absolute Gasteiger partial charge is 0.410 e. The lowest BCUT2D eigenvalue weighted by atomic mass is 10.0. The third kappa shape index (κ3) is 4.87. The molecule has 1 heterocycles. The highest BCUT2D eigenvalue weighted by atomic mass is 16.6. The number of aliphatic hydroxyl groups excluding tert-OH is 1. The molecule has 5 nitrogen and oxygen atoms in total. The monoisotopic (exact) mass is 335 g/mol. The van der Waals surface area contributed by atoms with Crippen molar-refractivity contribution in [1.82, 2.24) is 4.90 Å². The SMILES string of the molecule is CC(C)c1ccc(OC[C@@H]2[C@H](O)CCN2C(=O)OC(C)(C)C)cc1. The summed E-state index contributed by atoms with van der Waals surface area (Å²) in [4.78, 5) is 13.9. The maximum atomic E-state index is 12.3. The van der Waals surface area contributed by atoms with E-state index in [0.717, 1.165) is 5.75 Å². The van der Waals surface area contributed by atoms with Crippen LogP contribution in [0.15, 0.2) is 24.3 Å². The summed E-state index contributed by atoms with van der Waals surface area (Å²) in [7, 11) is 0. The largest absolute Gasteiger partial charge is 0.491 e. The zero-order valence-corrected chi connectivity index (χ0v) is 15.3. The van der Waals surface area contributed by atoms with E-state index in [2.05, 4.69) is 13.8 Å². The van der Waals surface area contributed by atoms with E-state index in [1.165, 1.54) is 5.56 Å². The minimum Gasteiger partial charge on any atom is -0.491 e. The molecule has 134 valence electrons. The number of ether oxygens (including phenoxy) is 2. The van der Waals surface area contributed by atoms with Crippen molar-refractivity contribution in [2.24, 2.45) is 0 Å². The molecule has 1 amide bonds. The number of rotatable bonds is 4. The normalized spacial score (nSPS) is 21.2. The quantitative estimate of drug-likeness (QED) is 0.914. The van der Waals surface area contributed by atoms with Crippen molar-refractivity contribution in [3.05, 3.63) is 29.8 Å². The first kappa shape index (κ1) is 18.6. The summed E-state index contributed by atoms with van der Waals surface area (Å²) in [6, 6.07) is 7.54. The van der Waals surface area contributed by atoms with E-state index < -0.39 is 17.8 Å². The Morgan fingerprint density at radius 1 is 1.29 bits per heavy atom. The zero-order chi connectivity index (χ0) is 17.9. The molecule has 24 heavy (non-hydrogen) atoms. The van der Waals surface area contributed by atoms with Crippen LogP contribution >= 0.6 is 0 Å². The maximum absolute atomic E-state index is 12.3. The Kier molecular flexibility index (Phi) is 5.75. The number of aliphatic hydroxyl groups is 1. The van der Waals surface area contributed by atoms with Gasteiger partial charge in [0.2, 0.25) is 0 Å². The molecule has 1 fully saturated rings. The average molecular weight is 335 g/mol. The minimum absolute atomic E-state index is 0.251. The maximum Gasteiger partial charge on any atom is 0.410 e. The predicted molar refractivity (Wildman–Crippen MR) is 93.4 cm³/mol. The van der Waals surface area contributed by atoms with Crippen LogP contribution in [0.2, 0.25) is 0 Å². The van der Waals surface area contributed by atoms with Gasteiger partial charge in [-0.05, 0) is 50.8 Å². The van der Waals surface area contributed by atoms with Crippen LogP contribution in [-0.4, -0.2) is 47.0 Å². The third-order valence-corrected chi connectivity index (χ3v) is 4.11. The molecule has 0 radical (unpaired) electrons. The summed E-state index contributed by atoms with van der Waals surface area (Å²) >= 11 is 0. The van der Waals surface area contributed by atoms with E-state index in [0.29, 0.717) is 18.9 Å². The van der Waals surface area contributed by atoms with Gasteiger partial charge in [0.15, 0.2) is 0 Å². The third-order valence-electron chi connectivity index (χ3n) is 4.11. The van der Waals surface area contributed by atoms with Crippen molar-refractivity contribution >= 4 is 6.09 Å². The molecular formula is C19H29NO4. The van der Waals surface area contributed by atoms with Crippen LogP contribution in [0.5, 0.6) is 5.75 Å². The van der Waals surface area contributed by atoms with Gasteiger partial charge in [-0.1, -0.05) is 26.0 Å². The lowest BCUT2D eigenvalue weighted by Crippen LogP contribution is -2.45. The Bertz CT molecular complexity index is 547. The Labute approximate surface area is 144 Å². The summed E-state index contributed by atoms with van der Waals surface area (Å²) in [5, 5.41) is 10.2. The molecule has 0 saturated carbocycles. The van der Waals surface area contributed by atoms with Crippen LogP contribution in [0.1, 0.15) is 52.5 Å². The molecule has 2 atom stereocenters. The number of carbonyl (C=O) groups is 1. The number of likely N-dealkylation sites (tertiary alicyclic amines) is 1. The standard InChI is InChI=1S/C19H29NO4/c1-13(2)14-6-8-15(9-7-14)23-12-16-17(21)10-11-20(16)18(22)24-19(3,4)5/h6-9,13,16-17,21H,10-12H2,1-5H3/t16-,17-/m1/s1. The van der Waals surface area contributed by atoms with Gasteiger partial charge in [0.1, 0.15) is 18.0 Å². The van der Waals surface area contributed by atoms with Crippen molar-refractivity contribution in [3.63, 3.8) is 0 Å². The van der Waals surface area contributed by atoms with Crippen LogP contribution in [0, 0.1) is 0 Å². The molecular weight excluding hydrogens is 306 g/mol. The number of nitrogens with zero attached hydrogens (tertiary/aromatic N) is 1. The molecule has 1 aliphatic heterocycles. The molecule has 1 N–H and O–H groups in total. The number of benzene rings is 1. The molecule has 1 aromatic carbocycles. The highest BCUT2D eigenvalue weighted by Gasteiger charge is 2.38. The molecule has 5 heteroatoms. The lowest BCUT2D eigenvalue weighted by Gasteiger charge is -2.29. The average Bonchev–Trinajstić information content (AvgIpc) is 2.85. The summed E-state index contributed by atoms with van der Waals surface area (Å²) in [6.07, 6.45) is -0.449. The molecule has 0 aromatic heterocycles. The first-order chi connectivity index (χ1) is 11.2. The van der Waals surface area contributed by atoms with Crippen molar-refractivity contribution in [2.45, 2.75) is 64.7 Å². The summed E-state index contributed by atoms with van der Waals surface area (Å²) in [5.74, 6) is 1.21. The number of amides is 1. The fourth-order valence-electron chi connectivity index (χ4n) is 2.72. The van der Waals surface area contributed by atoms with Crippen molar-refractivity contribution in [3.8, 4) is 5.75 Å². The van der Waals surface area contributed by atoms with Crippen LogP contribution in [0.25, 0.3) is 0 Å². The first-order valence-electron chi connectivity index (χ1n) is 8.58. The number of hydrogen-bond acceptors (Lipinski definition) is 4. The Balaban J connectivity index is 1.97. The van der Waals surface area contributed by atoms with Gasteiger partial charge in [0.05, 0.1) is 12.1 Å². The van der Waals surface area contributed by atoms with Crippen LogP contribution < -0.4 is 4.74 Å². The molecule has 0 unspecified atom stereocenters. The van der Waals surface area contributed by atoms with Crippen LogP contribution in [-0.2, 0) is 4.74 Å². The Hall–Kier alpha value is -1.75. The van der Waals surface area contributed by atoms with Gasteiger partial charge in [-0.2, -0.15) is 0 Å². The highest BCUT2D eigenvalue weighted by Crippen LogP contribution is 2.23. The molecule has 1 aromatic rings. The molecule has 1 saturated heterocycles. The Morgan fingerprint density at radius 3 is 2.46 bits per heavy atom. The van der Waals surface area contributed by atoms with E-state index in [-0.39, 0.29) is 12.6 Å². The van der Waals surface area contributed by atoms with Gasteiger partial charge >= 0.3 is 6.09 Å². The molecule has 2 rings (SSSR count). The fourth-order valence-corrected chi connectivity index (χ4v) is 2.72. The Morgan fingerprint density at radius 2 is 1.92 bits per heavy atom. The number of hydrogen-bond donors (Lipinski definition) is 1. The van der Waals surface area contributed by atoms with Crippen molar-refractivity contribution in [1.29, 1.82) is 0 Å². The van der Waals surface area contributed by atoms with Gasteiger partial charge < -0.3 is 14.6 Å². The molecule has 0 aliphatic carbocycles. The molecule has 1 aliphatic rings. The van der Waals surface area contributed by atoms with Gasteiger partial charge in [-0.15, -0.1) is 0 Å². The van der Waals surface area contributed by atoms with Gasteiger partial charge in [-0.25, -0.2) is 4.79 Å². The zero-order valence-electron chi connectivity index (χ0n) is 15.3. The lowest BCUT2D eigenvalue weighted by molar-refractivity contribution is 0.00863. The van der Waals surface area contributed by atoms with Crippen LogP contribution in [0.3, 0.4) is 0 Å². The fraction of sp³-hybridized carbons (Fsp3) is 0.632. The predicted octanol–water partition coefficient (Wildman–Crippen LogP) is 3.56. The van der Waals surface area contributed by atoms with E-state index in [1.807, 2.05) is 45.0 Å².